The monoisotopic (exact) mass is 166 g/mol. The summed E-state index contributed by atoms with van der Waals surface area (Å²) in [6.45, 7) is 0.679. The van der Waals surface area contributed by atoms with Crippen molar-refractivity contribution in [1.82, 2.24) is 0 Å². The number of rotatable bonds is 0. The van der Waals surface area contributed by atoms with Gasteiger partial charge in [-0.05, 0) is 12.1 Å². The van der Waals surface area contributed by atoms with Crippen LogP contribution in [-0.4, -0.2) is 12.8 Å². The predicted molar refractivity (Wildman–Crippen MR) is 47.8 cm³/mol. The second kappa shape index (κ2) is 2.55. The predicted octanol–water partition coefficient (Wildman–Crippen LogP) is 2.36. The van der Waals surface area contributed by atoms with Crippen molar-refractivity contribution in [3.63, 3.8) is 0 Å². The number of nitrogens with zero attached hydrogens (tertiary/aromatic N) is 2. The molecule has 0 fully saturated rings. The number of fused-ring (bicyclic) bond motifs is 1. The Bertz CT molecular complexity index is 296. The maximum atomic E-state index is 5.89. The normalized spacial score (nSPS) is 14.8. The minimum absolute atomic E-state index is 0.679. The lowest BCUT2D eigenvalue weighted by atomic mass is 10.2. The van der Waals surface area contributed by atoms with Crippen LogP contribution in [-0.2, 0) is 0 Å². The van der Waals surface area contributed by atoms with Crippen LogP contribution in [0.1, 0.15) is 0 Å². The van der Waals surface area contributed by atoms with Gasteiger partial charge in [0.05, 0.1) is 17.9 Å². The number of halogens is 1. The summed E-state index contributed by atoms with van der Waals surface area (Å²) in [5, 5.41) is 0. The molecule has 0 aromatic heterocycles. The third-order valence-corrected chi connectivity index (χ3v) is 1.94. The van der Waals surface area contributed by atoms with E-state index < -0.39 is 0 Å². The molecule has 2 nitrogen and oxygen atoms in total. The van der Waals surface area contributed by atoms with E-state index in [0.29, 0.717) is 6.54 Å². The smallest absolute Gasteiger partial charge is 0.0872 e. The minimum Gasteiger partial charge on any atom is -0.278 e. The standard InChI is InChI=1S/C8H7ClN2/c9-11-6-5-10-7-3-1-2-4-8(7)11/h1-5H,6H2. The van der Waals surface area contributed by atoms with Crippen LogP contribution in [0.3, 0.4) is 0 Å². The molecule has 0 saturated carbocycles. The Morgan fingerprint density at radius 3 is 3.00 bits per heavy atom. The fourth-order valence-corrected chi connectivity index (χ4v) is 1.29. The molecule has 2 rings (SSSR count). The van der Waals surface area contributed by atoms with Crippen molar-refractivity contribution in [2.45, 2.75) is 0 Å². The zero-order valence-corrected chi connectivity index (χ0v) is 6.62. The summed E-state index contributed by atoms with van der Waals surface area (Å²) < 4.78 is 1.66. The van der Waals surface area contributed by atoms with Crippen LogP contribution in [0, 0.1) is 0 Å². The number of hydrogen-bond donors (Lipinski definition) is 0. The number of benzene rings is 1. The topological polar surface area (TPSA) is 15.6 Å². The molecule has 0 unspecified atom stereocenters. The maximum absolute atomic E-state index is 5.89. The Kier molecular flexibility index (Phi) is 1.55. The van der Waals surface area contributed by atoms with E-state index in [0.717, 1.165) is 11.4 Å². The van der Waals surface area contributed by atoms with Gasteiger partial charge in [0.25, 0.3) is 0 Å². The van der Waals surface area contributed by atoms with E-state index in [1.54, 1.807) is 10.6 Å². The number of anilines is 1. The van der Waals surface area contributed by atoms with Gasteiger partial charge in [-0.25, -0.2) is 0 Å². The third-order valence-electron chi connectivity index (χ3n) is 1.62. The molecule has 0 aliphatic carbocycles. The average molecular weight is 167 g/mol. The largest absolute Gasteiger partial charge is 0.278 e. The molecule has 1 aromatic carbocycles. The van der Waals surface area contributed by atoms with E-state index in [1.165, 1.54) is 0 Å². The third kappa shape index (κ3) is 1.10. The molecule has 0 N–H and O–H groups in total. The molecule has 0 bridgehead atoms. The fraction of sp³-hybridized carbons (Fsp3) is 0.125. The minimum atomic E-state index is 0.679. The lowest BCUT2D eigenvalue weighted by molar-refractivity contribution is 1.21. The first-order valence-corrected chi connectivity index (χ1v) is 3.76. The molecule has 1 aliphatic heterocycles. The van der Waals surface area contributed by atoms with Gasteiger partial charge in [-0.3, -0.25) is 9.41 Å². The highest BCUT2D eigenvalue weighted by Crippen LogP contribution is 2.31. The van der Waals surface area contributed by atoms with Gasteiger partial charge in [-0.15, -0.1) is 0 Å². The van der Waals surface area contributed by atoms with Crippen LogP contribution in [0.5, 0.6) is 0 Å². The quantitative estimate of drug-likeness (QED) is 0.541. The Morgan fingerprint density at radius 1 is 1.36 bits per heavy atom. The van der Waals surface area contributed by atoms with Crippen molar-refractivity contribution in [2.24, 2.45) is 4.99 Å². The van der Waals surface area contributed by atoms with Gasteiger partial charge in [0.15, 0.2) is 0 Å². The second-order valence-corrected chi connectivity index (χ2v) is 2.75. The van der Waals surface area contributed by atoms with E-state index in [4.69, 9.17) is 11.8 Å². The summed E-state index contributed by atoms with van der Waals surface area (Å²) in [7, 11) is 0. The molecule has 3 heteroatoms. The summed E-state index contributed by atoms with van der Waals surface area (Å²) in [6, 6.07) is 7.81. The fourth-order valence-electron chi connectivity index (χ4n) is 1.09. The molecule has 1 heterocycles. The Morgan fingerprint density at radius 2 is 2.18 bits per heavy atom. The summed E-state index contributed by atoms with van der Waals surface area (Å²) in [4.78, 5) is 4.19. The van der Waals surface area contributed by atoms with Crippen LogP contribution < -0.4 is 4.42 Å². The highest BCUT2D eigenvalue weighted by molar-refractivity contribution is 6.27. The molecular weight excluding hydrogens is 160 g/mol. The van der Waals surface area contributed by atoms with Crippen molar-refractivity contribution in [3.05, 3.63) is 24.3 Å². The molecule has 0 radical (unpaired) electrons. The first kappa shape index (κ1) is 6.68. The van der Waals surface area contributed by atoms with Gasteiger partial charge in [-0.1, -0.05) is 12.1 Å². The van der Waals surface area contributed by atoms with Gasteiger partial charge in [0.2, 0.25) is 0 Å². The SMILES string of the molecule is ClN1CC=Nc2ccccc21. The molecule has 1 aromatic rings. The molecule has 0 spiro atoms. The maximum Gasteiger partial charge on any atom is 0.0872 e. The highest BCUT2D eigenvalue weighted by atomic mass is 35.5. The zero-order valence-electron chi connectivity index (χ0n) is 5.87. The first-order chi connectivity index (χ1) is 5.38. The molecule has 1 aliphatic rings. The molecular formula is C8H7ClN2. The number of hydrogen-bond acceptors (Lipinski definition) is 2. The van der Waals surface area contributed by atoms with Crippen LogP contribution in [0.4, 0.5) is 11.4 Å². The van der Waals surface area contributed by atoms with Gasteiger partial charge in [-0.2, -0.15) is 0 Å². The van der Waals surface area contributed by atoms with Gasteiger partial charge in [0.1, 0.15) is 0 Å². The van der Waals surface area contributed by atoms with Crippen molar-refractivity contribution in [1.29, 1.82) is 0 Å². The lowest BCUT2D eigenvalue weighted by Crippen LogP contribution is -2.15. The second-order valence-electron chi connectivity index (χ2n) is 2.35. The van der Waals surface area contributed by atoms with Crippen LogP contribution in [0.15, 0.2) is 29.3 Å². The average Bonchev–Trinajstić information content (AvgIpc) is 2.06. The van der Waals surface area contributed by atoms with Crippen molar-refractivity contribution in [3.8, 4) is 0 Å². The van der Waals surface area contributed by atoms with Gasteiger partial charge < -0.3 is 0 Å². The van der Waals surface area contributed by atoms with E-state index in [-0.39, 0.29) is 0 Å². The number of aliphatic imine (C=N–C) groups is 1. The zero-order chi connectivity index (χ0) is 7.68. The summed E-state index contributed by atoms with van der Waals surface area (Å²) in [5.41, 5.74) is 1.92. The Balaban J connectivity index is 2.54. The Hall–Kier alpha value is -1.02. The molecule has 0 atom stereocenters. The molecule has 0 amide bonds. The summed E-state index contributed by atoms with van der Waals surface area (Å²) in [5.74, 6) is 0. The van der Waals surface area contributed by atoms with Crippen molar-refractivity contribution in [2.75, 3.05) is 11.0 Å². The molecule has 56 valence electrons. The van der Waals surface area contributed by atoms with Crippen LogP contribution in [0.2, 0.25) is 0 Å². The van der Waals surface area contributed by atoms with Crippen LogP contribution in [0.25, 0.3) is 0 Å². The van der Waals surface area contributed by atoms with Gasteiger partial charge in [0, 0.05) is 18.0 Å². The first-order valence-electron chi connectivity index (χ1n) is 3.43. The van der Waals surface area contributed by atoms with E-state index in [9.17, 15) is 0 Å². The molecule has 11 heavy (non-hydrogen) atoms. The Labute approximate surface area is 70.2 Å². The van der Waals surface area contributed by atoms with Gasteiger partial charge >= 0.3 is 0 Å². The van der Waals surface area contributed by atoms with E-state index in [2.05, 4.69) is 4.99 Å². The molecule has 0 saturated heterocycles. The van der Waals surface area contributed by atoms with Crippen LogP contribution >= 0.6 is 11.8 Å². The van der Waals surface area contributed by atoms with E-state index in [1.807, 2.05) is 24.3 Å². The number of para-hydroxylation sites is 2. The summed E-state index contributed by atoms with van der Waals surface area (Å²) >= 11 is 5.89. The van der Waals surface area contributed by atoms with E-state index >= 15 is 0 Å². The van der Waals surface area contributed by atoms with Crippen molar-refractivity contribution >= 4 is 29.4 Å². The highest BCUT2D eigenvalue weighted by Gasteiger charge is 2.09. The lowest BCUT2D eigenvalue weighted by Gasteiger charge is -2.18. The summed E-state index contributed by atoms with van der Waals surface area (Å²) in [6.07, 6.45) is 1.80. The van der Waals surface area contributed by atoms with Crippen molar-refractivity contribution < 1.29 is 0 Å².